The van der Waals surface area contributed by atoms with E-state index in [4.69, 9.17) is 10.5 Å². The Hall–Kier alpha value is -1.35. The molecule has 3 nitrogen and oxygen atoms in total. The zero-order valence-corrected chi connectivity index (χ0v) is 10.4. The fourth-order valence-electron chi connectivity index (χ4n) is 2.06. The van der Waals surface area contributed by atoms with Crippen molar-refractivity contribution in [3.05, 3.63) is 29.8 Å². The maximum Gasteiger partial charge on any atom is 0.182 e. The molecule has 0 atom stereocenters. The minimum atomic E-state index is -0.629. The van der Waals surface area contributed by atoms with E-state index in [1.807, 2.05) is 32.0 Å². The maximum absolute atomic E-state index is 12.2. The van der Waals surface area contributed by atoms with Crippen molar-refractivity contribution in [3.63, 3.8) is 0 Å². The van der Waals surface area contributed by atoms with Crippen molar-refractivity contribution in [3.8, 4) is 5.75 Å². The lowest BCUT2D eigenvalue weighted by Gasteiger charge is -2.36. The second kappa shape index (κ2) is 4.49. The highest BCUT2D eigenvalue weighted by Gasteiger charge is 2.40. The number of benzene rings is 1. The molecule has 0 saturated heterocycles. The summed E-state index contributed by atoms with van der Waals surface area (Å²) in [6.45, 7) is 3.93. The van der Waals surface area contributed by atoms with E-state index in [9.17, 15) is 4.79 Å². The van der Waals surface area contributed by atoms with Crippen LogP contribution in [0.4, 0.5) is 0 Å². The summed E-state index contributed by atoms with van der Waals surface area (Å²) in [4.78, 5) is 12.2. The van der Waals surface area contributed by atoms with E-state index >= 15 is 0 Å². The van der Waals surface area contributed by atoms with Gasteiger partial charge in [-0.05, 0) is 45.2 Å². The number of Topliss-reactive ketones (excluding diaryl/α,β-unsaturated/α-hetero) is 1. The van der Waals surface area contributed by atoms with Crippen molar-refractivity contribution in [1.82, 2.24) is 0 Å². The molecule has 0 bridgehead atoms. The molecule has 0 spiro atoms. The van der Waals surface area contributed by atoms with Crippen LogP contribution in [0.5, 0.6) is 5.75 Å². The summed E-state index contributed by atoms with van der Waals surface area (Å²) >= 11 is 0. The Labute approximate surface area is 102 Å². The summed E-state index contributed by atoms with van der Waals surface area (Å²) in [5, 5.41) is 0. The van der Waals surface area contributed by atoms with Gasteiger partial charge in [-0.25, -0.2) is 0 Å². The van der Waals surface area contributed by atoms with Crippen molar-refractivity contribution in [1.29, 1.82) is 0 Å². The first-order valence-electron chi connectivity index (χ1n) is 6.12. The number of ketones is 1. The molecule has 92 valence electrons. The van der Waals surface area contributed by atoms with Crippen LogP contribution in [0.15, 0.2) is 24.3 Å². The topological polar surface area (TPSA) is 52.3 Å². The third kappa shape index (κ3) is 2.50. The monoisotopic (exact) mass is 233 g/mol. The van der Waals surface area contributed by atoms with Crippen molar-refractivity contribution >= 4 is 5.78 Å². The van der Waals surface area contributed by atoms with Crippen LogP contribution in [-0.4, -0.2) is 17.4 Å². The number of rotatable bonds is 4. The highest BCUT2D eigenvalue weighted by atomic mass is 16.5. The van der Waals surface area contributed by atoms with Crippen molar-refractivity contribution in [2.45, 2.75) is 44.8 Å². The molecule has 0 amide bonds. The smallest absolute Gasteiger partial charge is 0.182 e. The molecule has 1 aliphatic carbocycles. The van der Waals surface area contributed by atoms with E-state index in [2.05, 4.69) is 0 Å². The predicted molar refractivity (Wildman–Crippen MR) is 67.3 cm³/mol. The second-order valence-electron chi connectivity index (χ2n) is 5.03. The van der Waals surface area contributed by atoms with Crippen LogP contribution in [0.1, 0.15) is 43.5 Å². The standard InChI is InChI=1S/C14H19NO2/c1-10(2)17-12-6-3-5-11(9-12)13(16)14(15)7-4-8-14/h3,5-6,9-10H,4,7-8,15H2,1-2H3. The Morgan fingerprint density at radius 2 is 2.12 bits per heavy atom. The Bertz CT molecular complexity index is 422. The molecule has 2 rings (SSSR count). The van der Waals surface area contributed by atoms with E-state index in [1.54, 1.807) is 6.07 Å². The Balaban J connectivity index is 2.18. The van der Waals surface area contributed by atoms with E-state index in [1.165, 1.54) is 0 Å². The van der Waals surface area contributed by atoms with Gasteiger partial charge in [0.25, 0.3) is 0 Å². The van der Waals surface area contributed by atoms with Crippen molar-refractivity contribution in [2.24, 2.45) is 5.73 Å². The Morgan fingerprint density at radius 3 is 2.65 bits per heavy atom. The van der Waals surface area contributed by atoms with Gasteiger partial charge in [-0.15, -0.1) is 0 Å². The molecule has 1 aromatic carbocycles. The second-order valence-corrected chi connectivity index (χ2v) is 5.03. The van der Waals surface area contributed by atoms with Gasteiger partial charge in [0.05, 0.1) is 11.6 Å². The molecular formula is C14H19NO2. The molecule has 1 fully saturated rings. The first-order valence-corrected chi connectivity index (χ1v) is 6.12. The van der Waals surface area contributed by atoms with E-state index in [0.717, 1.165) is 25.0 Å². The SMILES string of the molecule is CC(C)Oc1cccc(C(=O)C2(N)CCC2)c1. The molecule has 2 N–H and O–H groups in total. The summed E-state index contributed by atoms with van der Waals surface area (Å²) in [6, 6.07) is 7.30. The number of carbonyl (C=O) groups is 1. The van der Waals surface area contributed by atoms with E-state index in [-0.39, 0.29) is 11.9 Å². The van der Waals surface area contributed by atoms with Crippen molar-refractivity contribution < 1.29 is 9.53 Å². The van der Waals surface area contributed by atoms with Crippen molar-refractivity contribution in [2.75, 3.05) is 0 Å². The lowest BCUT2D eigenvalue weighted by atomic mass is 9.73. The van der Waals surface area contributed by atoms with Gasteiger partial charge in [0.2, 0.25) is 0 Å². The zero-order chi connectivity index (χ0) is 12.5. The molecule has 0 unspecified atom stereocenters. The largest absolute Gasteiger partial charge is 0.491 e. The minimum absolute atomic E-state index is 0.0398. The number of nitrogens with two attached hydrogens (primary N) is 1. The van der Waals surface area contributed by atoms with Crippen LogP contribution < -0.4 is 10.5 Å². The summed E-state index contributed by atoms with van der Waals surface area (Å²) in [6.07, 6.45) is 2.74. The molecule has 0 radical (unpaired) electrons. The molecule has 0 aromatic heterocycles. The van der Waals surface area contributed by atoms with Gasteiger partial charge in [-0.3, -0.25) is 4.79 Å². The predicted octanol–water partition coefficient (Wildman–Crippen LogP) is 2.54. The van der Waals surface area contributed by atoms with E-state index < -0.39 is 5.54 Å². The molecule has 0 aliphatic heterocycles. The van der Waals surface area contributed by atoms with Gasteiger partial charge in [0.1, 0.15) is 5.75 Å². The highest BCUT2D eigenvalue weighted by Crippen LogP contribution is 2.33. The fourth-order valence-corrected chi connectivity index (χ4v) is 2.06. The van der Waals surface area contributed by atoms with Crippen LogP contribution in [0.25, 0.3) is 0 Å². The van der Waals surface area contributed by atoms with Crippen LogP contribution in [0.2, 0.25) is 0 Å². The van der Waals surface area contributed by atoms with Crippen LogP contribution >= 0.6 is 0 Å². The summed E-state index contributed by atoms with van der Waals surface area (Å²) in [5.41, 5.74) is 6.07. The average molecular weight is 233 g/mol. The van der Waals surface area contributed by atoms with E-state index in [0.29, 0.717) is 5.56 Å². The number of ether oxygens (including phenoxy) is 1. The maximum atomic E-state index is 12.2. The Morgan fingerprint density at radius 1 is 1.41 bits per heavy atom. The van der Waals surface area contributed by atoms with Gasteiger partial charge < -0.3 is 10.5 Å². The highest BCUT2D eigenvalue weighted by molar-refractivity contribution is 6.03. The fraction of sp³-hybridized carbons (Fsp3) is 0.500. The molecule has 1 aliphatic rings. The lowest BCUT2D eigenvalue weighted by molar-refractivity contribution is 0.0800. The third-order valence-corrected chi connectivity index (χ3v) is 3.17. The number of hydrogen-bond acceptors (Lipinski definition) is 3. The zero-order valence-electron chi connectivity index (χ0n) is 10.4. The summed E-state index contributed by atoms with van der Waals surface area (Å²) < 4.78 is 5.58. The molecule has 0 heterocycles. The Kier molecular flexibility index (Phi) is 3.20. The molecule has 1 saturated carbocycles. The van der Waals surface area contributed by atoms with Gasteiger partial charge in [-0.1, -0.05) is 12.1 Å². The van der Waals surface area contributed by atoms with Gasteiger partial charge in [-0.2, -0.15) is 0 Å². The lowest BCUT2D eigenvalue weighted by Crippen LogP contribution is -2.53. The van der Waals surface area contributed by atoms with Gasteiger partial charge in [0.15, 0.2) is 5.78 Å². The number of hydrogen-bond donors (Lipinski definition) is 1. The van der Waals surface area contributed by atoms with Crippen LogP contribution in [-0.2, 0) is 0 Å². The first kappa shape index (κ1) is 12.1. The normalized spacial score (nSPS) is 17.6. The molecule has 3 heteroatoms. The molecule has 1 aromatic rings. The third-order valence-electron chi connectivity index (χ3n) is 3.17. The molecule has 17 heavy (non-hydrogen) atoms. The minimum Gasteiger partial charge on any atom is -0.491 e. The summed E-state index contributed by atoms with van der Waals surface area (Å²) in [5.74, 6) is 0.770. The summed E-state index contributed by atoms with van der Waals surface area (Å²) in [7, 11) is 0. The molecular weight excluding hydrogens is 214 g/mol. The van der Waals surface area contributed by atoms with Gasteiger partial charge in [0, 0.05) is 5.56 Å². The quantitative estimate of drug-likeness (QED) is 0.813. The first-order chi connectivity index (χ1) is 8.01. The van der Waals surface area contributed by atoms with Gasteiger partial charge >= 0.3 is 0 Å². The van der Waals surface area contributed by atoms with Crippen LogP contribution in [0.3, 0.4) is 0 Å². The van der Waals surface area contributed by atoms with Crippen LogP contribution in [0, 0.1) is 0 Å². The average Bonchev–Trinajstić information content (AvgIpc) is 2.24. The number of carbonyl (C=O) groups excluding carboxylic acids is 1.